The predicted octanol–water partition coefficient (Wildman–Crippen LogP) is 3.94. The molecule has 0 saturated heterocycles. The monoisotopic (exact) mass is 458 g/mol. The van der Waals surface area contributed by atoms with Crippen molar-refractivity contribution in [2.75, 3.05) is 18.4 Å². The highest BCUT2D eigenvalue weighted by Gasteiger charge is 2.33. The second kappa shape index (κ2) is 7.88. The molecule has 12 heteroatoms. The van der Waals surface area contributed by atoms with Crippen LogP contribution in [0.5, 0.6) is 11.6 Å². The second-order valence-electron chi connectivity index (χ2n) is 6.70. The maximum Gasteiger partial charge on any atom is 0.272 e. The zero-order chi connectivity index (χ0) is 21.5. The van der Waals surface area contributed by atoms with Gasteiger partial charge in [0.05, 0.1) is 12.8 Å². The fraction of sp³-hybridized carbons (Fsp3) is 0.333. The van der Waals surface area contributed by atoms with Gasteiger partial charge in [-0.05, 0) is 31.0 Å². The number of fused-ring (bicyclic) bond motifs is 1. The number of nitrogens with one attached hydrogen (secondary N) is 2. The molecule has 0 radical (unpaired) electrons. The zero-order valence-electron chi connectivity index (χ0n) is 15.7. The second-order valence-corrected chi connectivity index (χ2v) is 8.78. The van der Waals surface area contributed by atoms with Gasteiger partial charge in [-0.15, -0.1) is 0 Å². The number of aromatic amines is 1. The smallest absolute Gasteiger partial charge is 0.272 e. The summed E-state index contributed by atoms with van der Waals surface area (Å²) in [7, 11) is -2.77. The number of H-pyrrole nitrogens is 1. The molecule has 0 amide bonds. The Morgan fingerprint density at radius 2 is 2.10 bits per heavy atom. The summed E-state index contributed by atoms with van der Waals surface area (Å²) in [5, 5.41) is 0.904. The average molecular weight is 459 g/mol. The van der Waals surface area contributed by atoms with Crippen molar-refractivity contribution in [2.45, 2.75) is 30.1 Å². The van der Waals surface area contributed by atoms with E-state index < -0.39 is 23.1 Å². The molecule has 1 aromatic carbocycles. The Labute approximate surface area is 175 Å². The first kappa shape index (κ1) is 20.6. The molecule has 1 aliphatic rings. The van der Waals surface area contributed by atoms with Crippen LogP contribution in [0.1, 0.15) is 24.5 Å². The molecule has 2 heterocycles. The van der Waals surface area contributed by atoms with E-state index in [0.29, 0.717) is 21.6 Å². The maximum atomic E-state index is 12.9. The number of ether oxygens (including phenoxy) is 2. The number of nitrogens with zero attached hydrogens (tertiary/aromatic N) is 2. The molecule has 8 nitrogen and oxygen atoms in total. The number of sulfonamides is 1. The van der Waals surface area contributed by atoms with Gasteiger partial charge in [-0.1, -0.05) is 11.6 Å². The Bertz CT molecular complexity index is 1200. The molecule has 1 fully saturated rings. The lowest BCUT2D eigenvalue weighted by molar-refractivity contribution is 0.0793. The molecule has 0 unspecified atom stereocenters. The molecule has 0 bridgehead atoms. The Balaban J connectivity index is 1.70. The topological polar surface area (TPSA) is 106 Å². The molecule has 3 aromatic rings. The molecule has 4 rings (SSSR count). The van der Waals surface area contributed by atoms with Crippen molar-refractivity contribution in [3.8, 4) is 11.6 Å². The number of alkyl halides is 2. The largest absolute Gasteiger partial charge is 0.480 e. The molecular weight excluding hydrogens is 442 g/mol. The van der Waals surface area contributed by atoms with E-state index in [2.05, 4.69) is 19.7 Å². The third-order valence-electron chi connectivity index (χ3n) is 4.49. The summed E-state index contributed by atoms with van der Waals surface area (Å²) in [6.45, 7) is -0.845. The van der Waals surface area contributed by atoms with Gasteiger partial charge >= 0.3 is 0 Å². The highest BCUT2D eigenvalue weighted by atomic mass is 35.5. The summed E-state index contributed by atoms with van der Waals surface area (Å²) in [5.41, 5.74) is 0.890. The van der Waals surface area contributed by atoms with Crippen LogP contribution in [0.4, 0.5) is 14.7 Å². The molecular formula is C18H17ClF2N4O4S. The van der Waals surface area contributed by atoms with Crippen LogP contribution in [-0.2, 0) is 10.0 Å². The normalized spacial score (nSPS) is 14.3. The van der Waals surface area contributed by atoms with E-state index in [-0.39, 0.29) is 28.4 Å². The van der Waals surface area contributed by atoms with Gasteiger partial charge in [-0.25, -0.2) is 26.9 Å². The minimum absolute atomic E-state index is 0.00461. The van der Waals surface area contributed by atoms with E-state index in [1.807, 2.05) is 0 Å². The third-order valence-corrected chi connectivity index (χ3v) is 6.10. The van der Waals surface area contributed by atoms with Crippen LogP contribution in [0.15, 0.2) is 29.3 Å². The number of anilines is 1. The maximum absolute atomic E-state index is 12.9. The van der Waals surface area contributed by atoms with E-state index in [1.54, 1.807) is 18.2 Å². The van der Waals surface area contributed by atoms with Crippen LogP contribution < -0.4 is 14.2 Å². The number of methoxy groups -OCH3 is 1. The zero-order valence-corrected chi connectivity index (χ0v) is 17.2. The van der Waals surface area contributed by atoms with E-state index in [9.17, 15) is 17.2 Å². The summed E-state index contributed by atoms with van der Waals surface area (Å²) < 4.78 is 63.7. The van der Waals surface area contributed by atoms with E-state index in [4.69, 9.17) is 21.1 Å². The molecule has 2 aromatic heterocycles. The van der Waals surface area contributed by atoms with Gasteiger partial charge in [0.2, 0.25) is 11.7 Å². The molecule has 1 saturated carbocycles. The lowest BCUT2D eigenvalue weighted by Gasteiger charge is -2.15. The van der Waals surface area contributed by atoms with Crippen LogP contribution in [0, 0.1) is 0 Å². The number of hydrogen-bond acceptors (Lipinski definition) is 6. The van der Waals surface area contributed by atoms with E-state index in [0.717, 1.165) is 12.8 Å². The van der Waals surface area contributed by atoms with Gasteiger partial charge < -0.3 is 14.5 Å². The van der Waals surface area contributed by atoms with E-state index in [1.165, 1.54) is 13.3 Å². The van der Waals surface area contributed by atoms with Gasteiger partial charge in [0.25, 0.3) is 22.3 Å². The molecule has 160 valence electrons. The Morgan fingerprint density at radius 1 is 1.33 bits per heavy atom. The number of benzene rings is 1. The minimum atomic E-state index is -4.06. The molecule has 0 aliphatic heterocycles. The van der Waals surface area contributed by atoms with Crippen molar-refractivity contribution in [3.05, 3.63) is 35.1 Å². The number of hydrogen-bond donors (Lipinski definition) is 2. The minimum Gasteiger partial charge on any atom is -0.480 e. The molecule has 0 atom stereocenters. The first-order valence-electron chi connectivity index (χ1n) is 8.95. The van der Waals surface area contributed by atoms with Crippen molar-refractivity contribution in [3.63, 3.8) is 0 Å². The van der Waals surface area contributed by atoms with E-state index >= 15 is 0 Å². The van der Waals surface area contributed by atoms with Gasteiger partial charge in [-0.2, -0.15) is 4.98 Å². The third kappa shape index (κ3) is 4.12. The fourth-order valence-corrected chi connectivity index (χ4v) is 4.31. The molecule has 0 spiro atoms. The lowest BCUT2D eigenvalue weighted by Crippen LogP contribution is -2.17. The summed E-state index contributed by atoms with van der Waals surface area (Å²) in [6, 6.07) is 4.77. The molecule has 30 heavy (non-hydrogen) atoms. The van der Waals surface area contributed by atoms with Crippen LogP contribution in [0.25, 0.3) is 10.9 Å². The standard InChI is InChI=1S/C18H17ClF2N4O4S/c1-28-17-16(29-8-14(20)21)15(9-2-3-9)23-18(24-17)25-30(26,27)13-7-22-12-6-10(19)4-5-11(12)13/h4-7,9,14,22H,2-3,8H2,1H3,(H,23,24,25). The first-order chi connectivity index (χ1) is 14.3. The number of rotatable bonds is 8. The van der Waals surface area contributed by atoms with Crippen LogP contribution in [0.3, 0.4) is 0 Å². The van der Waals surface area contributed by atoms with Crippen molar-refractivity contribution in [2.24, 2.45) is 0 Å². The van der Waals surface area contributed by atoms with Gasteiger partial charge in [0.15, 0.2) is 0 Å². The van der Waals surface area contributed by atoms with Crippen molar-refractivity contribution in [1.82, 2.24) is 15.0 Å². The number of halogens is 3. The summed E-state index contributed by atoms with van der Waals surface area (Å²) in [5.74, 6) is -0.379. The Kier molecular flexibility index (Phi) is 5.41. The number of aromatic nitrogens is 3. The van der Waals surface area contributed by atoms with Crippen molar-refractivity contribution < 1.29 is 26.7 Å². The molecule has 1 aliphatic carbocycles. The van der Waals surface area contributed by atoms with Crippen molar-refractivity contribution in [1.29, 1.82) is 0 Å². The lowest BCUT2D eigenvalue weighted by atomic mass is 10.2. The summed E-state index contributed by atoms with van der Waals surface area (Å²) >= 11 is 5.94. The average Bonchev–Trinajstić information content (AvgIpc) is 3.44. The van der Waals surface area contributed by atoms with Crippen LogP contribution in [0.2, 0.25) is 5.02 Å². The molecule has 2 N–H and O–H groups in total. The summed E-state index contributed by atoms with van der Waals surface area (Å²) in [6.07, 6.45) is 0.208. The van der Waals surface area contributed by atoms with Crippen LogP contribution >= 0.6 is 11.6 Å². The van der Waals surface area contributed by atoms with Gasteiger partial charge in [-0.3, -0.25) is 0 Å². The predicted molar refractivity (Wildman–Crippen MR) is 106 cm³/mol. The quantitative estimate of drug-likeness (QED) is 0.529. The fourth-order valence-electron chi connectivity index (χ4n) is 3.02. The first-order valence-corrected chi connectivity index (χ1v) is 10.8. The van der Waals surface area contributed by atoms with Gasteiger partial charge in [0.1, 0.15) is 11.5 Å². The SMILES string of the molecule is COc1nc(NS(=O)(=O)c2c[nH]c3cc(Cl)ccc23)nc(C2CC2)c1OCC(F)F. The highest BCUT2D eigenvalue weighted by molar-refractivity contribution is 7.93. The summed E-state index contributed by atoms with van der Waals surface area (Å²) in [4.78, 5) is 11.1. The Hall–Kier alpha value is -2.66. The van der Waals surface area contributed by atoms with Crippen molar-refractivity contribution >= 4 is 38.5 Å². The highest BCUT2D eigenvalue weighted by Crippen LogP contribution is 2.46. The van der Waals surface area contributed by atoms with Gasteiger partial charge in [0, 0.05) is 28.0 Å². The Morgan fingerprint density at radius 3 is 2.77 bits per heavy atom. The van der Waals surface area contributed by atoms with Crippen LogP contribution in [-0.4, -0.2) is 43.5 Å².